The highest BCUT2D eigenvalue weighted by atomic mass is 16.1. The molecule has 0 spiro atoms. The molecule has 2 heterocycles. The molecular weight excluding hydrogens is 350 g/mol. The molecule has 4 aromatic rings. The maximum absolute atomic E-state index is 11.6. The second kappa shape index (κ2) is 7.84. The Morgan fingerprint density at radius 2 is 1.89 bits per heavy atom. The van der Waals surface area contributed by atoms with E-state index in [4.69, 9.17) is 0 Å². The minimum atomic E-state index is 0.00561. The molecule has 138 valence electrons. The molecule has 0 atom stereocenters. The zero-order chi connectivity index (χ0) is 19.3. The number of hydrogen-bond acceptors (Lipinski definition) is 5. The maximum atomic E-state index is 11.6. The van der Waals surface area contributed by atoms with Gasteiger partial charge >= 0.3 is 0 Å². The molecule has 0 fully saturated rings. The van der Waals surface area contributed by atoms with Gasteiger partial charge in [-0.3, -0.25) is 4.79 Å². The van der Waals surface area contributed by atoms with Gasteiger partial charge in [0.1, 0.15) is 0 Å². The molecule has 0 amide bonds. The van der Waals surface area contributed by atoms with Crippen molar-refractivity contribution in [1.82, 2.24) is 19.7 Å². The average Bonchev–Trinajstić information content (AvgIpc) is 3.11. The standard InChI is InChI=1S/C22H19N5O/c1-2-20(28)12-16-7-6-8-17(11-16)15-27-21-18(14-24-27)13-23-22(26-21)25-19-9-4-3-5-10-19/h2-11,13-14H,1,12,15H2,(H,23,25,26). The van der Waals surface area contributed by atoms with Gasteiger partial charge in [-0.1, -0.05) is 49.0 Å². The summed E-state index contributed by atoms with van der Waals surface area (Å²) in [5.74, 6) is 0.525. The van der Waals surface area contributed by atoms with E-state index >= 15 is 0 Å². The Hall–Kier alpha value is -3.80. The van der Waals surface area contributed by atoms with E-state index in [1.807, 2.05) is 59.3 Å². The second-order valence-corrected chi connectivity index (χ2v) is 6.43. The van der Waals surface area contributed by atoms with E-state index in [2.05, 4.69) is 27.0 Å². The molecule has 0 aliphatic rings. The number of para-hydroxylation sites is 1. The molecule has 0 aliphatic heterocycles. The summed E-state index contributed by atoms with van der Waals surface area (Å²) < 4.78 is 1.83. The van der Waals surface area contributed by atoms with Crippen LogP contribution in [0.2, 0.25) is 0 Å². The molecule has 0 aliphatic carbocycles. The van der Waals surface area contributed by atoms with Crippen LogP contribution in [0.15, 0.2) is 79.6 Å². The third-order valence-electron chi connectivity index (χ3n) is 4.34. The van der Waals surface area contributed by atoms with E-state index < -0.39 is 0 Å². The molecular formula is C22H19N5O. The number of rotatable bonds is 7. The topological polar surface area (TPSA) is 72.7 Å². The minimum absolute atomic E-state index is 0.00561. The number of nitrogens with one attached hydrogen (secondary N) is 1. The Morgan fingerprint density at radius 1 is 1.07 bits per heavy atom. The molecule has 4 rings (SSSR count). The van der Waals surface area contributed by atoms with Crippen LogP contribution in [-0.2, 0) is 17.8 Å². The highest BCUT2D eigenvalue weighted by molar-refractivity contribution is 5.90. The molecule has 28 heavy (non-hydrogen) atoms. The summed E-state index contributed by atoms with van der Waals surface area (Å²) in [6, 6.07) is 17.7. The number of hydrogen-bond donors (Lipinski definition) is 1. The monoisotopic (exact) mass is 369 g/mol. The first-order valence-corrected chi connectivity index (χ1v) is 8.95. The SMILES string of the molecule is C=CC(=O)Cc1cccc(Cn2ncc3cnc(Nc4ccccc4)nc32)c1. The first-order valence-electron chi connectivity index (χ1n) is 8.95. The Bertz CT molecular complexity index is 1130. The van der Waals surface area contributed by atoms with E-state index in [-0.39, 0.29) is 5.78 Å². The largest absolute Gasteiger partial charge is 0.324 e. The number of anilines is 2. The first-order chi connectivity index (χ1) is 13.7. The predicted octanol–water partition coefficient (Wildman–Crippen LogP) is 3.92. The summed E-state index contributed by atoms with van der Waals surface area (Å²) in [5, 5.41) is 8.52. The highest BCUT2D eigenvalue weighted by Gasteiger charge is 2.09. The second-order valence-electron chi connectivity index (χ2n) is 6.43. The van der Waals surface area contributed by atoms with E-state index in [0.29, 0.717) is 18.9 Å². The van der Waals surface area contributed by atoms with Crippen molar-refractivity contribution in [2.75, 3.05) is 5.32 Å². The van der Waals surface area contributed by atoms with Crippen molar-refractivity contribution < 1.29 is 4.79 Å². The first kappa shape index (κ1) is 17.6. The van der Waals surface area contributed by atoms with Crippen molar-refractivity contribution in [3.05, 3.63) is 90.8 Å². The predicted molar refractivity (Wildman–Crippen MR) is 109 cm³/mol. The van der Waals surface area contributed by atoms with Crippen LogP contribution in [0.1, 0.15) is 11.1 Å². The van der Waals surface area contributed by atoms with Gasteiger partial charge < -0.3 is 5.32 Å². The number of nitrogens with zero attached hydrogens (tertiary/aromatic N) is 4. The van der Waals surface area contributed by atoms with Crippen LogP contribution in [-0.4, -0.2) is 25.5 Å². The van der Waals surface area contributed by atoms with Crippen molar-refractivity contribution >= 4 is 28.5 Å². The summed E-state index contributed by atoms with van der Waals surface area (Å²) in [6.07, 6.45) is 5.22. The molecule has 2 aromatic heterocycles. The zero-order valence-corrected chi connectivity index (χ0v) is 15.2. The smallest absolute Gasteiger partial charge is 0.229 e. The molecule has 0 radical (unpaired) electrons. The Kier molecular flexibility index (Phi) is 4.93. The number of aromatic nitrogens is 4. The number of ketones is 1. The summed E-state index contributed by atoms with van der Waals surface area (Å²) >= 11 is 0. The van der Waals surface area contributed by atoms with Crippen molar-refractivity contribution in [2.24, 2.45) is 0 Å². The number of fused-ring (bicyclic) bond motifs is 1. The van der Waals surface area contributed by atoms with Gasteiger partial charge in [-0.05, 0) is 29.3 Å². The van der Waals surface area contributed by atoms with Gasteiger partial charge in [0, 0.05) is 18.3 Å². The summed E-state index contributed by atoms with van der Waals surface area (Å²) in [7, 11) is 0. The highest BCUT2D eigenvalue weighted by Crippen LogP contribution is 2.17. The van der Waals surface area contributed by atoms with Gasteiger partial charge in [0.05, 0.1) is 18.1 Å². The van der Waals surface area contributed by atoms with Crippen LogP contribution in [0.5, 0.6) is 0 Å². The fraction of sp³-hybridized carbons (Fsp3) is 0.0909. The Balaban J connectivity index is 1.59. The summed E-state index contributed by atoms with van der Waals surface area (Å²) in [6.45, 7) is 4.09. The molecule has 0 saturated carbocycles. The van der Waals surface area contributed by atoms with Crippen LogP contribution in [0.3, 0.4) is 0 Å². The molecule has 0 saturated heterocycles. The van der Waals surface area contributed by atoms with Gasteiger partial charge in [-0.25, -0.2) is 9.67 Å². The number of benzene rings is 2. The lowest BCUT2D eigenvalue weighted by molar-refractivity contribution is -0.114. The number of carbonyl (C=O) groups is 1. The molecule has 0 unspecified atom stereocenters. The third-order valence-corrected chi connectivity index (χ3v) is 4.34. The molecule has 6 heteroatoms. The van der Waals surface area contributed by atoms with Crippen LogP contribution in [0.4, 0.5) is 11.6 Å². The van der Waals surface area contributed by atoms with Gasteiger partial charge in [0.25, 0.3) is 0 Å². The van der Waals surface area contributed by atoms with Gasteiger partial charge in [-0.15, -0.1) is 0 Å². The minimum Gasteiger partial charge on any atom is -0.324 e. The van der Waals surface area contributed by atoms with Gasteiger partial charge in [-0.2, -0.15) is 10.1 Å². The quantitative estimate of drug-likeness (QED) is 0.500. The fourth-order valence-electron chi connectivity index (χ4n) is 2.98. The average molecular weight is 369 g/mol. The molecule has 6 nitrogen and oxygen atoms in total. The number of allylic oxidation sites excluding steroid dienone is 1. The van der Waals surface area contributed by atoms with E-state index in [1.54, 1.807) is 12.4 Å². The van der Waals surface area contributed by atoms with Crippen molar-refractivity contribution in [2.45, 2.75) is 13.0 Å². The van der Waals surface area contributed by atoms with E-state index in [1.165, 1.54) is 6.08 Å². The van der Waals surface area contributed by atoms with E-state index in [9.17, 15) is 4.79 Å². The lowest BCUT2D eigenvalue weighted by Crippen LogP contribution is -2.05. The normalized spacial score (nSPS) is 10.7. The molecule has 0 bridgehead atoms. The van der Waals surface area contributed by atoms with Crippen LogP contribution in [0.25, 0.3) is 11.0 Å². The summed E-state index contributed by atoms with van der Waals surface area (Å²) in [4.78, 5) is 20.6. The van der Waals surface area contributed by atoms with Crippen LogP contribution < -0.4 is 5.32 Å². The fourth-order valence-corrected chi connectivity index (χ4v) is 2.98. The van der Waals surface area contributed by atoms with Gasteiger partial charge in [0.2, 0.25) is 5.95 Å². The summed E-state index contributed by atoms with van der Waals surface area (Å²) in [5.41, 5.74) is 3.68. The van der Waals surface area contributed by atoms with Crippen molar-refractivity contribution in [3.63, 3.8) is 0 Å². The van der Waals surface area contributed by atoms with Crippen LogP contribution in [0, 0.1) is 0 Å². The molecule has 2 aromatic carbocycles. The third kappa shape index (κ3) is 3.96. The lowest BCUT2D eigenvalue weighted by Gasteiger charge is -2.07. The number of carbonyl (C=O) groups excluding carboxylic acids is 1. The van der Waals surface area contributed by atoms with E-state index in [0.717, 1.165) is 27.8 Å². The lowest BCUT2D eigenvalue weighted by atomic mass is 10.1. The van der Waals surface area contributed by atoms with Crippen molar-refractivity contribution in [1.29, 1.82) is 0 Å². The van der Waals surface area contributed by atoms with Crippen molar-refractivity contribution in [3.8, 4) is 0 Å². The zero-order valence-electron chi connectivity index (χ0n) is 15.2. The molecule has 1 N–H and O–H groups in total. The van der Waals surface area contributed by atoms with Gasteiger partial charge in [0.15, 0.2) is 11.4 Å². The van der Waals surface area contributed by atoms with Crippen LogP contribution >= 0.6 is 0 Å². The Labute approximate surface area is 162 Å². The Morgan fingerprint density at radius 3 is 2.71 bits per heavy atom. The maximum Gasteiger partial charge on any atom is 0.229 e.